The number of rotatable bonds is 4. The van der Waals surface area contributed by atoms with Crippen LogP contribution in [0.2, 0.25) is 0 Å². The van der Waals surface area contributed by atoms with Crippen molar-refractivity contribution in [3.63, 3.8) is 0 Å². The molecule has 1 N–H and O–H groups in total. The summed E-state index contributed by atoms with van der Waals surface area (Å²) < 4.78 is 40.1. The van der Waals surface area contributed by atoms with Crippen LogP contribution in [0, 0.1) is 5.92 Å². The monoisotopic (exact) mass is 317 g/mol. The van der Waals surface area contributed by atoms with Crippen LogP contribution < -0.4 is 4.74 Å². The zero-order chi connectivity index (χ0) is 16.3. The second kappa shape index (κ2) is 6.56. The SMILES string of the molecule is CC1CCC(C(=O)O)CN1Cc1ccc(OC(F)(F)F)cc1. The molecule has 0 spiro atoms. The summed E-state index contributed by atoms with van der Waals surface area (Å²) in [6.07, 6.45) is -3.24. The third kappa shape index (κ3) is 4.62. The van der Waals surface area contributed by atoms with Crippen LogP contribution in [0.1, 0.15) is 25.3 Å². The van der Waals surface area contributed by atoms with Crippen molar-refractivity contribution in [1.82, 2.24) is 4.90 Å². The van der Waals surface area contributed by atoms with E-state index in [9.17, 15) is 18.0 Å². The Balaban J connectivity index is 1.99. The molecule has 1 aromatic carbocycles. The second-order valence-electron chi connectivity index (χ2n) is 5.58. The smallest absolute Gasteiger partial charge is 0.481 e. The Bertz CT molecular complexity index is 516. The van der Waals surface area contributed by atoms with Crippen LogP contribution in [0.5, 0.6) is 5.75 Å². The number of carbonyl (C=O) groups is 1. The van der Waals surface area contributed by atoms with Crippen LogP contribution in [0.15, 0.2) is 24.3 Å². The second-order valence-corrected chi connectivity index (χ2v) is 5.58. The van der Waals surface area contributed by atoms with Crippen molar-refractivity contribution in [3.8, 4) is 5.75 Å². The molecule has 122 valence electrons. The lowest BCUT2D eigenvalue weighted by molar-refractivity contribution is -0.274. The van der Waals surface area contributed by atoms with Gasteiger partial charge in [-0.15, -0.1) is 13.2 Å². The molecule has 1 aromatic rings. The van der Waals surface area contributed by atoms with Gasteiger partial charge in [-0.05, 0) is 37.5 Å². The number of ether oxygens (including phenoxy) is 1. The van der Waals surface area contributed by atoms with Gasteiger partial charge in [-0.1, -0.05) is 12.1 Å². The van der Waals surface area contributed by atoms with E-state index in [4.69, 9.17) is 5.11 Å². The molecule has 7 heteroatoms. The number of benzene rings is 1. The fraction of sp³-hybridized carbons (Fsp3) is 0.533. The lowest BCUT2D eigenvalue weighted by Crippen LogP contribution is -2.43. The van der Waals surface area contributed by atoms with Gasteiger partial charge in [-0.2, -0.15) is 0 Å². The van der Waals surface area contributed by atoms with Gasteiger partial charge in [0.1, 0.15) is 5.75 Å². The normalized spacial score (nSPS) is 23.3. The van der Waals surface area contributed by atoms with Crippen LogP contribution in [-0.4, -0.2) is 34.9 Å². The molecule has 1 aliphatic rings. The molecule has 1 fully saturated rings. The van der Waals surface area contributed by atoms with Crippen LogP contribution in [0.4, 0.5) is 13.2 Å². The molecule has 1 aliphatic heterocycles. The molecule has 22 heavy (non-hydrogen) atoms. The lowest BCUT2D eigenvalue weighted by atomic mass is 9.93. The number of hydrogen-bond acceptors (Lipinski definition) is 3. The van der Waals surface area contributed by atoms with Crippen molar-refractivity contribution in [2.75, 3.05) is 6.54 Å². The number of hydrogen-bond donors (Lipinski definition) is 1. The maximum atomic E-state index is 12.1. The summed E-state index contributed by atoms with van der Waals surface area (Å²) in [5.41, 5.74) is 0.826. The van der Waals surface area contributed by atoms with Gasteiger partial charge in [0, 0.05) is 19.1 Å². The van der Waals surface area contributed by atoms with E-state index in [2.05, 4.69) is 4.74 Å². The van der Waals surface area contributed by atoms with Gasteiger partial charge in [0.05, 0.1) is 5.92 Å². The van der Waals surface area contributed by atoms with E-state index in [-0.39, 0.29) is 17.7 Å². The number of alkyl halides is 3. The topological polar surface area (TPSA) is 49.8 Å². The molecule has 4 nitrogen and oxygen atoms in total. The highest BCUT2D eigenvalue weighted by molar-refractivity contribution is 5.70. The molecule has 0 radical (unpaired) electrons. The Labute approximate surface area is 126 Å². The highest BCUT2D eigenvalue weighted by atomic mass is 19.4. The summed E-state index contributed by atoms with van der Waals surface area (Å²) in [6, 6.07) is 5.93. The molecule has 2 rings (SSSR count). The van der Waals surface area contributed by atoms with Crippen molar-refractivity contribution < 1.29 is 27.8 Å². The summed E-state index contributed by atoms with van der Waals surface area (Å²) in [7, 11) is 0. The average Bonchev–Trinajstić information content (AvgIpc) is 2.41. The molecule has 2 atom stereocenters. The van der Waals surface area contributed by atoms with Gasteiger partial charge in [-0.3, -0.25) is 9.69 Å². The zero-order valence-corrected chi connectivity index (χ0v) is 12.1. The summed E-state index contributed by atoms with van der Waals surface area (Å²) in [6.45, 7) is 2.99. The first-order chi connectivity index (χ1) is 10.2. The maximum Gasteiger partial charge on any atom is 0.573 e. The standard InChI is InChI=1S/C15H18F3NO3/c1-10-2-5-12(14(20)21)9-19(10)8-11-3-6-13(7-4-11)22-15(16,17)18/h3-4,6-7,10,12H,2,5,8-9H2,1H3,(H,20,21). The van der Waals surface area contributed by atoms with Gasteiger partial charge < -0.3 is 9.84 Å². The first kappa shape index (κ1) is 16.6. The number of carboxylic acids is 1. The summed E-state index contributed by atoms with van der Waals surface area (Å²) in [4.78, 5) is 13.1. The third-order valence-electron chi connectivity index (χ3n) is 3.90. The minimum Gasteiger partial charge on any atom is -0.481 e. The maximum absolute atomic E-state index is 12.1. The third-order valence-corrected chi connectivity index (χ3v) is 3.90. The van der Waals surface area contributed by atoms with Crippen LogP contribution >= 0.6 is 0 Å². The molecular weight excluding hydrogens is 299 g/mol. The van der Waals surface area contributed by atoms with Crippen molar-refractivity contribution in [1.29, 1.82) is 0 Å². The quantitative estimate of drug-likeness (QED) is 0.926. The molecule has 2 unspecified atom stereocenters. The Hall–Kier alpha value is -1.76. The molecule has 0 aromatic heterocycles. The Morgan fingerprint density at radius 3 is 2.50 bits per heavy atom. The van der Waals surface area contributed by atoms with Crippen LogP contribution in [0.25, 0.3) is 0 Å². The summed E-state index contributed by atoms with van der Waals surface area (Å²) in [5, 5.41) is 9.10. The van der Waals surface area contributed by atoms with E-state index in [1.54, 1.807) is 12.1 Å². The van der Waals surface area contributed by atoms with Crippen LogP contribution in [-0.2, 0) is 11.3 Å². The minimum absolute atomic E-state index is 0.252. The van der Waals surface area contributed by atoms with Crippen LogP contribution in [0.3, 0.4) is 0 Å². The Morgan fingerprint density at radius 2 is 1.95 bits per heavy atom. The van der Waals surface area contributed by atoms with Crippen molar-refractivity contribution in [2.24, 2.45) is 5.92 Å². The van der Waals surface area contributed by atoms with Gasteiger partial charge in [0.15, 0.2) is 0 Å². The highest BCUT2D eigenvalue weighted by Crippen LogP contribution is 2.26. The Kier molecular flexibility index (Phi) is 4.95. The van der Waals surface area contributed by atoms with Gasteiger partial charge in [-0.25, -0.2) is 0 Å². The fourth-order valence-electron chi connectivity index (χ4n) is 2.63. The Morgan fingerprint density at radius 1 is 1.32 bits per heavy atom. The van der Waals surface area contributed by atoms with E-state index >= 15 is 0 Å². The number of likely N-dealkylation sites (tertiary alicyclic amines) is 1. The largest absolute Gasteiger partial charge is 0.573 e. The summed E-state index contributed by atoms with van der Waals surface area (Å²) >= 11 is 0. The van der Waals surface area contributed by atoms with Crippen molar-refractivity contribution in [3.05, 3.63) is 29.8 Å². The van der Waals surface area contributed by atoms with E-state index < -0.39 is 12.3 Å². The van der Waals surface area contributed by atoms with Crippen molar-refractivity contribution >= 4 is 5.97 Å². The molecule has 1 heterocycles. The van der Waals surface area contributed by atoms with Gasteiger partial charge >= 0.3 is 12.3 Å². The predicted octanol–water partition coefficient (Wildman–Crippen LogP) is 3.27. The number of piperidine rings is 1. The average molecular weight is 317 g/mol. The molecule has 0 saturated carbocycles. The van der Waals surface area contributed by atoms with Crippen molar-refractivity contribution in [2.45, 2.75) is 38.7 Å². The minimum atomic E-state index is -4.70. The molecule has 1 saturated heterocycles. The first-order valence-electron chi connectivity index (χ1n) is 7.06. The fourth-order valence-corrected chi connectivity index (χ4v) is 2.63. The predicted molar refractivity (Wildman–Crippen MR) is 73.4 cm³/mol. The molecular formula is C15H18F3NO3. The number of halogens is 3. The number of aliphatic carboxylic acids is 1. The van der Waals surface area contributed by atoms with Gasteiger partial charge in [0.25, 0.3) is 0 Å². The van der Waals surface area contributed by atoms with E-state index in [0.717, 1.165) is 12.0 Å². The van der Waals surface area contributed by atoms with E-state index in [1.807, 2.05) is 11.8 Å². The van der Waals surface area contributed by atoms with E-state index in [0.29, 0.717) is 19.5 Å². The van der Waals surface area contributed by atoms with E-state index in [1.165, 1.54) is 12.1 Å². The molecule has 0 aliphatic carbocycles. The highest BCUT2D eigenvalue weighted by Gasteiger charge is 2.31. The first-order valence-corrected chi connectivity index (χ1v) is 7.06. The molecule has 0 bridgehead atoms. The van der Waals surface area contributed by atoms with Gasteiger partial charge in [0.2, 0.25) is 0 Å². The number of carboxylic acid groups (broad SMARTS) is 1. The zero-order valence-electron chi connectivity index (χ0n) is 12.1. The lowest BCUT2D eigenvalue weighted by Gasteiger charge is -2.36. The summed E-state index contributed by atoms with van der Waals surface area (Å²) in [5.74, 6) is -1.44. The molecule has 0 amide bonds. The number of nitrogens with zero attached hydrogens (tertiary/aromatic N) is 1.